The van der Waals surface area contributed by atoms with E-state index < -0.39 is 11.2 Å². The number of rotatable bonds is 2. The maximum Gasteiger partial charge on any atom is 0.327 e. The molecule has 3 N–H and O–H groups in total. The molecule has 0 radical (unpaired) electrons. The minimum Gasteiger partial charge on any atom is -0.355 e. The van der Waals surface area contributed by atoms with Crippen molar-refractivity contribution in [2.24, 2.45) is 0 Å². The van der Waals surface area contributed by atoms with Crippen LogP contribution >= 0.6 is 0 Å². The lowest BCUT2D eigenvalue weighted by molar-refractivity contribution is 0.0963. The molecular formula is C15H12N4O3. The Morgan fingerprint density at radius 1 is 1.14 bits per heavy atom. The lowest BCUT2D eigenvalue weighted by Crippen LogP contribution is -2.22. The van der Waals surface area contributed by atoms with Gasteiger partial charge in [-0.05, 0) is 24.3 Å². The molecule has 110 valence electrons. The van der Waals surface area contributed by atoms with Gasteiger partial charge in [-0.2, -0.15) is 0 Å². The maximum atomic E-state index is 11.7. The van der Waals surface area contributed by atoms with Crippen molar-refractivity contribution < 1.29 is 4.79 Å². The highest BCUT2D eigenvalue weighted by Gasteiger charge is 2.08. The molecule has 0 saturated heterocycles. The van der Waals surface area contributed by atoms with Gasteiger partial charge < -0.3 is 5.32 Å². The van der Waals surface area contributed by atoms with Gasteiger partial charge in [-0.3, -0.25) is 19.6 Å². The Hall–Kier alpha value is -3.22. The summed E-state index contributed by atoms with van der Waals surface area (Å²) in [5, 5.41) is 2.85. The van der Waals surface area contributed by atoms with Gasteiger partial charge in [0.1, 0.15) is 5.65 Å². The standard InChI is InChI=1S/C15H12N4O3/c1-16-13(20)9-4-2-3-8(7-9)11-6-5-10-12(17-11)18-15(22)19-14(10)21/h2-7H,1H3,(H,16,20)(H2,17,18,19,21,22). The van der Waals surface area contributed by atoms with Crippen LogP contribution in [0.2, 0.25) is 0 Å². The number of hydrogen-bond acceptors (Lipinski definition) is 4. The summed E-state index contributed by atoms with van der Waals surface area (Å²) < 4.78 is 0. The fraction of sp³-hybridized carbons (Fsp3) is 0.0667. The van der Waals surface area contributed by atoms with Gasteiger partial charge in [0.05, 0.1) is 11.1 Å². The van der Waals surface area contributed by atoms with Gasteiger partial charge in [0.15, 0.2) is 0 Å². The van der Waals surface area contributed by atoms with Crippen LogP contribution in [0, 0.1) is 0 Å². The third-order valence-electron chi connectivity index (χ3n) is 3.25. The summed E-state index contributed by atoms with van der Waals surface area (Å²) in [5.41, 5.74) is 0.875. The molecule has 3 aromatic rings. The van der Waals surface area contributed by atoms with Crippen LogP contribution in [0.3, 0.4) is 0 Å². The minimum atomic E-state index is -0.610. The predicted octanol–water partition coefficient (Wildman–Crippen LogP) is 0.638. The first kappa shape index (κ1) is 13.7. The van der Waals surface area contributed by atoms with E-state index in [-0.39, 0.29) is 11.6 Å². The second-order valence-electron chi connectivity index (χ2n) is 4.66. The van der Waals surface area contributed by atoms with Crippen LogP contribution in [-0.2, 0) is 0 Å². The van der Waals surface area contributed by atoms with Gasteiger partial charge in [-0.15, -0.1) is 0 Å². The summed E-state index contributed by atoms with van der Waals surface area (Å²) in [6.45, 7) is 0. The molecule has 3 rings (SSSR count). The van der Waals surface area contributed by atoms with Crippen LogP contribution in [-0.4, -0.2) is 27.9 Å². The zero-order valence-corrected chi connectivity index (χ0v) is 11.6. The number of nitrogens with one attached hydrogen (secondary N) is 3. The second-order valence-corrected chi connectivity index (χ2v) is 4.66. The van der Waals surface area contributed by atoms with Gasteiger partial charge in [0, 0.05) is 18.2 Å². The van der Waals surface area contributed by atoms with Gasteiger partial charge >= 0.3 is 5.69 Å². The van der Waals surface area contributed by atoms with E-state index in [1.165, 1.54) is 0 Å². The third kappa shape index (κ3) is 2.39. The van der Waals surface area contributed by atoms with Crippen LogP contribution in [0.15, 0.2) is 46.0 Å². The topological polar surface area (TPSA) is 108 Å². The van der Waals surface area contributed by atoms with Crippen LogP contribution < -0.4 is 16.6 Å². The van der Waals surface area contributed by atoms with Crippen LogP contribution in [0.5, 0.6) is 0 Å². The van der Waals surface area contributed by atoms with Gasteiger partial charge in [0.2, 0.25) is 0 Å². The average molecular weight is 296 g/mol. The van der Waals surface area contributed by atoms with Crippen molar-refractivity contribution in [1.29, 1.82) is 0 Å². The molecule has 0 aliphatic carbocycles. The van der Waals surface area contributed by atoms with E-state index in [0.29, 0.717) is 22.2 Å². The zero-order chi connectivity index (χ0) is 15.7. The number of pyridine rings is 1. The largest absolute Gasteiger partial charge is 0.355 e. The molecule has 0 bridgehead atoms. The molecule has 2 aromatic heterocycles. The van der Waals surface area contributed by atoms with Crippen molar-refractivity contribution in [3.05, 3.63) is 62.8 Å². The molecule has 1 aromatic carbocycles. The highest BCUT2D eigenvalue weighted by molar-refractivity contribution is 5.95. The quantitative estimate of drug-likeness (QED) is 0.645. The van der Waals surface area contributed by atoms with Gasteiger partial charge in [-0.1, -0.05) is 12.1 Å². The Morgan fingerprint density at radius 2 is 1.95 bits per heavy atom. The molecule has 0 aliphatic rings. The Balaban J connectivity index is 2.16. The molecular weight excluding hydrogens is 284 g/mol. The number of carbonyl (C=O) groups excluding carboxylic acids is 1. The number of amides is 1. The summed E-state index contributed by atoms with van der Waals surface area (Å²) in [4.78, 5) is 43.6. The van der Waals surface area contributed by atoms with E-state index in [1.54, 1.807) is 43.4 Å². The second kappa shape index (κ2) is 5.28. The molecule has 0 atom stereocenters. The molecule has 22 heavy (non-hydrogen) atoms. The van der Waals surface area contributed by atoms with E-state index in [0.717, 1.165) is 0 Å². The monoisotopic (exact) mass is 296 g/mol. The number of fused-ring (bicyclic) bond motifs is 1. The summed E-state index contributed by atoms with van der Waals surface area (Å²) >= 11 is 0. The van der Waals surface area contributed by atoms with Crippen LogP contribution in [0.4, 0.5) is 0 Å². The summed E-state index contributed by atoms with van der Waals surface area (Å²) in [6.07, 6.45) is 0. The minimum absolute atomic E-state index is 0.201. The lowest BCUT2D eigenvalue weighted by Gasteiger charge is -2.05. The summed E-state index contributed by atoms with van der Waals surface area (Å²) in [5.74, 6) is -0.201. The van der Waals surface area contributed by atoms with Crippen molar-refractivity contribution in [2.75, 3.05) is 7.05 Å². The molecule has 1 amide bonds. The van der Waals surface area contributed by atoms with Crippen molar-refractivity contribution in [3.63, 3.8) is 0 Å². The van der Waals surface area contributed by atoms with Gasteiger partial charge in [-0.25, -0.2) is 9.78 Å². The van der Waals surface area contributed by atoms with Gasteiger partial charge in [0.25, 0.3) is 11.5 Å². The molecule has 0 spiro atoms. The van der Waals surface area contributed by atoms with Crippen molar-refractivity contribution in [2.45, 2.75) is 0 Å². The number of aromatic amines is 2. The van der Waals surface area contributed by atoms with Crippen molar-refractivity contribution in [3.8, 4) is 11.3 Å². The van der Waals surface area contributed by atoms with E-state index >= 15 is 0 Å². The fourth-order valence-corrected chi connectivity index (χ4v) is 2.17. The number of H-pyrrole nitrogens is 2. The molecule has 0 unspecified atom stereocenters. The van der Waals surface area contributed by atoms with Crippen molar-refractivity contribution in [1.82, 2.24) is 20.3 Å². The lowest BCUT2D eigenvalue weighted by atomic mass is 10.1. The fourth-order valence-electron chi connectivity index (χ4n) is 2.17. The summed E-state index contributed by atoms with van der Waals surface area (Å²) in [7, 11) is 1.56. The Labute approximate surface area is 124 Å². The predicted molar refractivity (Wildman–Crippen MR) is 81.8 cm³/mol. The first-order valence-corrected chi connectivity index (χ1v) is 6.54. The number of carbonyl (C=O) groups is 1. The average Bonchev–Trinajstić information content (AvgIpc) is 2.53. The van der Waals surface area contributed by atoms with Crippen molar-refractivity contribution >= 4 is 16.9 Å². The number of aromatic nitrogens is 3. The van der Waals surface area contributed by atoms with Crippen LogP contribution in [0.1, 0.15) is 10.4 Å². The number of benzene rings is 1. The zero-order valence-electron chi connectivity index (χ0n) is 11.6. The molecule has 7 heteroatoms. The SMILES string of the molecule is CNC(=O)c1cccc(-c2ccc3c(=O)[nH]c(=O)[nH]c3n2)c1. The van der Waals surface area contributed by atoms with E-state index in [1.807, 2.05) is 0 Å². The van der Waals surface area contributed by atoms with E-state index in [2.05, 4.69) is 20.3 Å². The number of hydrogen-bond donors (Lipinski definition) is 3. The third-order valence-corrected chi connectivity index (χ3v) is 3.25. The Morgan fingerprint density at radius 3 is 2.73 bits per heavy atom. The Bertz CT molecular complexity index is 988. The maximum absolute atomic E-state index is 11.7. The summed E-state index contributed by atoms with van der Waals surface area (Å²) in [6, 6.07) is 10.2. The van der Waals surface area contributed by atoms with E-state index in [9.17, 15) is 14.4 Å². The van der Waals surface area contributed by atoms with E-state index in [4.69, 9.17) is 0 Å². The first-order valence-electron chi connectivity index (χ1n) is 6.54. The molecule has 7 nitrogen and oxygen atoms in total. The van der Waals surface area contributed by atoms with Crippen LogP contribution in [0.25, 0.3) is 22.3 Å². The molecule has 0 saturated carbocycles. The molecule has 0 aliphatic heterocycles. The normalized spacial score (nSPS) is 10.6. The first-order chi connectivity index (χ1) is 10.6. The highest BCUT2D eigenvalue weighted by atomic mass is 16.2. The molecule has 2 heterocycles. The molecule has 0 fully saturated rings. The number of nitrogens with zero attached hydrogens (tertiary/aromatic N) is 1. The highest BCUT2D eigenvalue weighted by Crippen LogP contribution is 2.19. The Kier molecular flexibility index (Phi) is 3.30. The smallest absolute Gasteiger partial charge is 0.327 e.